The van der Waals surface area contributed by atoms with Crippen LogP contribution in [-0.2, 0) is 21.4 Å². The monoisotopic (exact) mass is 473 g/mol. The lowest BCUT2D eigenvalue weighted by Crippen LogP contribution is -2.53. The number of amides is 1. The Morgan fingerprint density at radius 3 is 2.39 bits per heavy atom. The Hall–Kier alpha value is -2.45. The van der Waals surface area contributed by atoms with Crippen LogP contribution in [0.25, 0.3) is 0 Å². The molecule has 0 spiro atoms. The molecule has 0 bridgehead atoms. The van der Waals surface area contributed by atoms with E-state index in [1.165, 1.54) is 10.4 Å². The summed E-state index contributed by atoms with van der Waals surface area (Å²) in [6.07, 6.45) is 1.30. The number of carbonyl (C=O) groups is 1. The van der Waals surface area contributed by atoms with Crippen LogP contribution >= 0.6 is 0 Å². The predicted octanol–water partition coefficient (Wildman–Crippen LogP) is 3.94. The zero-order valence-electron chi connectivity index (χ0n) is 19.4. The van der Waals surface area contributed by atoms with E-state index < -0.39 is 21.1 Å². The largest absolute Gasteiger partial charge is 0.365 e. The number of sulfonamides is 1. The van der Waals surface area contributed by atoms with Crippen molar-refractivity contribution in [2.45, 2.75) is 57.5 Å². The maximum Gasteiger partial charge on any atom is 0.221 e. The molecule has 178 valence electrons. The summed E-state index contributed by atoms with van der Waals surface area (Å²) in [5.41, 5.74) is 1.91. The standard InChI is InChI=1S/C25H32FN3O3S/c1-18-9-12-25(21-7-5-4-6-8-21)33(31,32)29(18)17-22-10-11-23(15-24(22)26)28-14-13-27(20(3)30)16-19(28)2/h4-8,10-11,15,18-19,25H,9,12-14,16-17H2,1-3H3/t18-,19-,25?/m0/s1. The first kappa shape index (κ1) is 23.7. The fraction of sp³-hybridized carbons (Fsp3) is 0.480. The van der Waals surface area contributed by atoms with Crippen molar-refractivity contribution in [2.75, 3.05) is 24.5 Å². The molecular formula is C25H32FN3O3S. The van der Waals surface area contributed by atoms with E-state index in [0.29, 0.717) is 31.6 Å². The Bertz CT molecular complexity index is 1110. The number of hydrogen-bond acceptors (Lipinski definition) is 4. The van der Waals surface area contributed by atoms with Gasteiger partial charge in [-0.25, -0.2) is 12.8 Å². The minimum absolute atomic E-state index is 0.0205. The summed E-state index contributed by atoms with van der Waals surface area (Å²) in [5.74, 6) is -0.355. The summed E-state index contributed by atoms with van der Waals surface area (Å²) in [6, 6.07) is 14.2. The molecule has 0 radical (unpaired) electrons. The number of hydrogen-bond donors (Lipinski definition) is 0. The van der Waals surface area contributed by atoms with Crippen LogP contribution in [-0.4, -0.2) is 55.2 Å². The number of nitrogens with zero attached hydrogens (tertiary/aromatic N) is 3. The minimum atomic E-state index is -3.62. The highest BCUT2D eigenvalue weighted by Gasteiger charge is 2.40. The fourth-order valence-corrected chi connectivity index (χ4v) is 7.18. The zero-order valence-corrected chi connectivity index (χ0v) is 20.3. The van der Waals surface area contributed by atoms with Crippen LogP contribution in [0.1, 0.15) is 50.0 Å². The van der Waals surface area contributed by atoms with E-state index in [9.17, 15) is 13.2 Å². The first-order valence-electron chi connectivity index (χ1n) is 11.5. The SMILES string of the molecule is CC(=O)N1CCN(c2ccc(CN3[C@@H](C)CCC(c4ccccc4)S3(=O)=O)c(F)c2)[C@@H](C)C1. The third-order valence-corrected chi connectivity index (χ3v) is 9.33. The van der Waals surface area contributed by atoms with Crippen molar-refractivity contribution in [2.24, 2.45) is 0 Å². The van der Waals surface area contributed by atoms with Gasteiger partial charge in [0, 0.05) is 56.4 Å². The molecule has 4 rings (SSSR count). The van der Waals surface area contributed by atoms with Gasteiger partial charge >= 0.3 is 0 Å². The van der Waals surface area contributed by atoms with Gasteiger partial charge in [-0.3, -0.25) is 4.79 Å². The highest BCUT2D eigenvalue weighted by atomic mass is 32.2. The van der Waals surface area contributed by atoms with Gasteiger partial charge in [-0.1, -0.05) is 36.4 Å². The summed E-state index contributed by atoms with van der Waals surface area (Å²) in [5, 5.41) is -0.601. The smallest absolute Gasteiger partial charge is 0.221 e. The van der Waals surface area contributed by atoms with Crippen LogP contribution in [0, 0.1) is 5.82 Å². The Kier molecular flexibility index (Phi) is 6.77. The lowest BCUT2D eigenvalue weighted by molar-refractivity contribution is -0.129. The molecule has 2 aromatic carbocycles. The van der Waals surface area contributed by atoms with Crippen LogP contribution in [0.5, 0.6) is 0 Å². The normalized spacial score (nSPS) is 25.8. The Balaban J connectivity index is 1.53. The fourth-order valence-electron chi connectivity index (χ4n) is 4.99. The molecule has 2 saturated heterocycles. The van der Waals surface area contributed by atoms with Crippen LogP contribution in [0.3, 0.4) is 0 Å². The van der Waals surface area contributed by atoms with Gasteiger partial charge in [0.2, 0.25) is 15.9 Å². The third-order valence-electron chi connectivity index (χ3n) is 6.96. The third kappa shape index (κ3) is 4.77. The minimum Gasteiger partial charge on any atom is -0.365 e. The van der Waals surface area contributed by atoms with E-state index in [1.54, 1.807) is 17.9 Å². The number of rotatable bonds is 4. The van der Waals surface area contributed by atoms with Crippen molar-refractivity contribution in [3.05, 3.63) is 65.5 Å². The molecule has 8 heteroatoms. The van der Waals surface area contributed by atoms with Gasteiger partial charge in [-0.05, 0) is 44.4 Å². The van der Waals surface area contributed by atoms with Crippen molar-refractivity contribution < 1.29 is 17.6 Å². The Labute approximate surface area is 196 Å². The lowest BCUT2D eigenvalue weighted by Gasteiger charge is -2.41. The average molecular weight is 474 g/mol. The number of carbonyl (C=O) groups excluding carboxylic acids is 1. The summed E-state index contributed by atoms with van der Waals surface area (Å²) in [4.78, 5) is 15.6. The summed E-state index contributed by atoms with van der Waals surface area (Å²) in [6.45, 7) is 7.34. The molecule has 0 N–H and O–H groups in total. The van der Waals surface area contributed by atoms with Gasteiger partial charge in [0.15, 0.2) is 0 Å². The van der Waals surface area contributed by atoms with Crippen LogP contribution in [0.2, 0.25) is 0 Å². The van der Waals surface area contributed by atoms with Crippen LogP contribution in [0.15, 0.2) is 48.5 Å². The molecule has 2 aliphatic heterocycles. The average Bonchev–Trinajstić information content (AvgIpc) is 2.77. The quantitative estimate of drug-likeness (QED) is 0.675. The Morgan fingerprint density at radius 2 is 1.76 bits per heavy atom. The van der Waals surface area contributed by atoms with E-state index in [4.69, 9.17) is 0 Å². The number of piperazine rings is 1. The molecule has 33 heavy (non-hydrogen) atoms. The maximum atomic E-state index is 15.2. The van der Waals surface area contributed by atoms with Crippen LogP contribution < -0.4 is 4.90 Å². The van der Waals surface area contributed by atoms with Gasteiger partial charge < -0.3 is 9.80 Å². The molecule has 2 aliphatic rings. The number of benzene rings is 2. The summed E-state index contributed by atoms with van der Waals surface area (Å²) < 4.78 is 43.5. The first-order chi connectivity index (χ1) is 15.7. The molecule has 1 amide bonds. The van der Waals surface area contributed by atoms with Crippen molar-refractivity contribution in [3.63, 3.8) is 0 Å². The lowest BCUT2D eigenvalue weighted by atomic mass is 10.0. The molecule has 0 aliphatic carbocycles. The summed E-state index contributed by atoms with van der Waals surface area (Å²) in [7, 11) is -3.62. The second-order valence-electron chi connectivity index (χ2n) is 9.20. The summed E-state index contributed by atoms with van der Waals surface area (Å²) >= 11 is 0. The van der Waals surface area contributed by atoms with Crippen molar-refractivity contribution in [1.82, 2.24) is 9.21 Å². The van der Waals surface area contributed by atoms with Gasteiger partial charge in [-0.15, -0.1) is 0 Å². The number of halogens is 1. The highest BCUT2D eigenvalue weighted by Crippen LogP contribution is 2.38. The molecule has 2 heterocycles. The van der Waals surface area contributed by atoms with E-state index in [2.05, 4.69) is 4.90 Å². The molecule has 0 saturated carbocycles. The predicted molar refractivity (Wildman–Crippen MR) is 128 cm³/mol. The molecule has 0 aromatic heterocycles. The van der Waals surface area contributed by atoms with E-state index in [-0.39, 0.29) is 24.5 Å². The van der Waals surface area contributed by atoms with E-state index in [1.807, 2.05) is 50.2 Å². The Morgan fingerprint density at radius 1 is 1.03 bits per heavy atom. The second-order valence-corrected chi connectivity index (χ2v) is 11.3. The van der Waals surface area contributed by atoms with E-state index in [0.717, 1.165) is 17.7 Å². The van der Waals surface area contributed by atoms with Gasteiger partial charge in [0.05, 0.1) is 0 Å². The molecule has 2 aromatic rings. The molecule has 1 unspecified atom stereocenters. The van der Waals surface area contributed by atoms with Crippen molar-refractivity contribution in [1.29, 1.82) is 0 Å². The van der Waals surface area contributed by atoms with Gasteiger partial charge in [-0.2, -0.15) is 4.31 Å². The second kappa shape index (κ2) is 9.43. The van der Waals surface area contributed by atoms with Crippen molar-refractivity contribution in [3.8, 4) is 0 Å². The zero-order chi connectivity index (χ0) is 23.8. The van der Waals surface area contributed by atoms with E-state index >= 15 is 4.39 Å². The molecular weight excluding hydrogens is 441 g/mol. The molecule has 2 fully saturated rings. The highest BCUT2D eigenvalue weighted by molar-refractivity contribution is 7.89. The molecule has 6 nitrogen and oxygen atoms in total. The topological polar surface area (TPSA) is 60.9 Å². The molecule has 3 atom stereocenters. The van der Waals surface area contributed by atoms with Gasteiger partial charge in [0.25, 0.3) is 0 Å². The maximum absolute atomic E-state index is 15.2. The van der Waals surface area contributed by atoms with Gasteiger partial charge in [0.1, 0.15) is 11.1 Å². The van der Waals surface area contributed by atoms with Crippen LogP contribution in [0.4, 0.5) is 10.1 Å². The number of anilines is 1. The van der Waals surface area contributed by atoms with Crippen molar-refractivity contribution >= 4 is 21.6 Å². The first-order valence-corrected chi connectivity index (χ1v) is 13.0.